The van der Waals surface area contributed by atoms with Crippen LogP contribution in [0.5, 0.6) is 0 Å². The number of carbonyl (C=O) groups excluding carboxylic acids is 2. The lowest BCUT2D eigenvalue weighted by Crippen LogP contribution is -2.71. The van der Waals surface area contributed by atoms with Crippen molar-refractivity contribution in [3.05, 3.63) is 59.3 Å². The number of β-lactam (4-membered cyclic amide) rings is 1. The molecule has 38 heavy (non-hydrogen) atoms. The molecular weight excluding hydrogens is 545 g/mol. The topological polar surface area (TPSA) is 201 Å². The molecule has 2 aliphatic rings. The summed E-state index contributed by atoms with van der Waals surface area (Å²) >= 11 is 2.02. The van der Waals surface area contributed by atoms with Gasteiger partial charge in [0.25, 0.3) is 18.7 Å². The molecule has 4 heterocycles. The molecule has 2 aliphatic heterocycles. The van der Waals surface area contributed by atoms with Gasteiger partial charge in [-0.15, -0.1) is 11.8 Å². The van der Waals surface area contributed by atoms with Crippen LogP contribution < -0.4 is 15.6 Å². The average Bonchev–Trinajstić information content (AvgIpc) is 3.32. The fraction of sp³-hybridized carbons (Fsp3) is 0.238. The van der Waals surface area contributed by atoms with Gasteiger partial charge < -0.3 is 26.1 Å². The molecule has 2 amide bonds. The minimum absolute atomic E-state index is 0.0296. The molecule has 0 bridgehead atoms. The molecule has 5 N–H and O–H groups in total. The molecule has 0 aromatic carbocycles. The molecule has 2 atom stereocenters. The zero-order valence-electron chi connectivity index (χ0n) is 19.2. The molecule has 2 aromatic heterocycles. The van der Waals surface area contributed by atoms with Crippen LogP contribution in [0.1, 0.15) is 16.2 Å². The van der Waals surface area contributed by atoms with Crippen molar-refractivity contribution in [3.63, 3.8) is 0 Å². The number of pyridine rings is 1. The number of amides is 2. The highest BCUT2D eigenvalue weighted by Gasteiger charge is 2.54. The first kappa shape index (κ1) is 26.7. The lowest BCUT2D eigenvalue weighted by molar-refractivity contribution is -0.687. The summed E-state index contributed by atoms with van der Waals surface area (Å²) in [5, 5.41) is 23.9. The number of nitrogens with zero attached hydrogens (tertiary/aromatic N) is 5. The second-order valence-corrected chi connectivity index (χ2v) is 9.55. The molecule has 0 unspecified atom stereocenters. The molecule has 198 valence electrons. The molecule has 17 heteroatoms. The number of rotatable bonds is 10. The number of nitrogen functional groups attached to an aromatic ring is 1. The van der Waals surface area contributed by atoms with E-state index in [0.717, 1.165) is 16.4 Å². The summed E-state index contributed by atoms with van der Waals surface area (Å²) in [5.74, 6) is -3.92. The Labute approximate surface area is 221 Å². The lowest BCUT2D eigenvalue weighted by atomic mass is 10.0. The third kappa shape index (κ3) is 5.47. The number of hydrogen-bond donors (Lipinski definition) is 4. The Kier molecular flexibility index (Phi) is 7.96. The molecule has 1 fully saturated rings. The molecule has 0 radical (unpaired) electrons. The smallest absolute Gasteiger partial charge is 0.352 e. The van der Waals surface area contributed by atoms with E-state index >= 15 is 0 Å². The maximum absolute atomic E-state index is 12.9. The van der Waals surface area contributed by atoms with E-state index in [1.807, 2.05) is 0 Å². The van der Waals surface area contributed by atoms with Crippen molar-refractivity contribution in [2.24, 2.45) is 5.16 Å². The number of oxime groups is 1. The second-order valence-electron chi connectivity index (χ2n) is 7.67. The van der Waals surface area contributed by atoms with Gasteiger partial charge in [0.05, 0.1) is 5.56 Å². The van der Waals surface area contributed by atoms with Crippen molar-refractivity contribution in [1.29, 1.82) is 0 Å². The number of nitrogens with two attached hydrogens (primary N) is 1. The first-order valence-corrected chi connectivity index (χ1v) is 12.5. The first-order valence-electron chi connectivity index (χ1n) is 10.7. The van der Waals surface area contributed by atoms with Gasteiger partial charge >= 0.3 is 11.9 Å². The third-order valence-electron chi connectivity index (χ3n) is 5.33. The van der Waals surface area contributed by atoms with Gasteiger partial charge in [0.1, 0.15) is 17.1 Å². The van der Waals surface area contributed by atoms with Gasteiger partial charge in [-0.1, -0.05) is 11.2 Å². The van der Waals surface area contributed by atoms with Crippen LogP contribution in [-0.2, 0) is 25.8 Å². The van der Waals surface area contributed by atoms with Gasteiger partial charge in [-0.3, -0.25) is 14.5 Å². The molecular formula is C21H19FN7O7S2+. The normalized spacial score (nSPS) is 19.2. The molecule has 0 spiro atoms. The Morgan fingerprint density at radius 1 is 1.32 bits per heavy atom. The molecule has 1 saturated heterocycles. The number of thioether (sulfide) groups is 1. The number of fused-ring (bicyclic) bond motifs is 1. The van der Waals surface area contributed by atoms with Gasteiger partial charge in [-0.05, 0) is 11.6 Å². The van der Waals surface area contributed by atoms with Crippen LogP contribution in [0.25, 0.3) is 0 Å². The fourth-order valence-electron chi connectivity index (χ4n) is 3.62. The van der Waals surface area contributed by atoms with Crippen molar-refractivity contribution in [3.8, 4) is 0 Å². The number of aromatic nitrogens is 3. The van der Waals surface area contributed by atoms with Crippen LogP contribution in [0.3, 0.4) is 0 Å². The van der Waals surface area contributed by atoms with Gasteiger partial charge in [0, 0.05) is 29.4 Å². The Bertz CT molecular complexity index is 1380. The molecule has 4 rings (SSSR count). The van der Waals surface area contributed by atoms with E-state index in [-0.39, 0.29) is 28.0 Å². The van der Waals surface area contributed by atoms with Crippen molar-refractivity contribution < 1.29 is 43.2 Å². The predicted octanol–water partition coefficient (Wildman–Crippen LogP) is -0.251. The SMILES string of the molecule is Nc1nc(C(=NOCF)C(=O)N[C@@H]2C(=O)N3C(C(=O)O)=C(C=CC[n+]4ccc(C(=O)O)cc4)CS[C@@H]23)ns1. The summed E-state index contributed by atoms with van der Waals surface area (Å²) in [5.41, 5.74) is 5.34. The first-order chi connectivity index (χ1) is 18.2. The van der Waals surface area contributed by atoms with Crippen LogP contribution in [-0.4, -0.2) is 78.0 Å². The van der Waals surface area contributed by atoms with E-state index in [2.05, 4.69) is 24.7 Å². The summed E-state index contributed by atoms with van der Waals surface area (Å²) in [7, 11) is 0. The van der Waals surface area contributed by atoms with E-state index in [0.29, 0.717) is 12.1 Å². The zero-order chi connectivity index (χ0) is 27.4. The van der Waals surface area contributed by atoms with Crippen molar-refractivity contribution in [2.75, 3.05) is 18.3 Å². The van der Waals surface area contributed by atoms with E-state index in [4.69, 9.17) is 10.8 Å². The Morgan fingerprint density at radius 3 is 2.66 bits per heavy atom. The van der Waals surface area contributed by atoms with Crippen LogP contribution in [0, 0.1) is 0 Å². The summed E-state index contributed by atoms with van der Waals surface area (Å²) in [6, 6.07) is 1.79. The highest BCUT2D eigenvalue weighted by molar-refractivity contribution is 8.00. The van der Waals surface area contributed by atoms with Gasteiger partial charge in [0.15, 0.2) is 24.1 Å². The number of aromatic carboxylic acids is 1. The third-order valence-corrected chi connectivity index (χ3v) is 7.18. The highest BCUT2D eigenvalue weighted by Crippen LogP contribution is 2.40. The Balaban J connectivity index is 1.47. The molecule has 14 nitrogen and oxygen atoms in total. The number of anilines is 1. The Morgan fingerprint density at radius 2 is 2.05 bits per heavy atom. The highest BCUT2D eigenvalue weighted by atomic mass is 32.2. The maximum Gasteiger partial charge on any atom is 0.352 e. The van der Waals surface area contributed by atoms with Crippen LogP contribution >= 0.6 is 23.3 Å². The minimum Gasteiger partial charge on any atom is -0.478 e. The van der Waals surface area contributed by atoms with Gasteiger partial charge in [-0.25, -0.2) is 18.5 Å². The molecule has 0 aliphatic carbocycles. The minimum atomic E-state index is -1.32. The van der Waals surface area contributed by atoms with Crippen LogP contribution in [0.15, 0.2) is 53.1 Å². The summed E-state index contributed by atoms with van der Waals surface area (Å²) in [6.45, 7) is -0.991. The van der Waals surface area contributed by atoms with E-state index in [1.54, 1.807) is 29.1 Å². The Hall–Kier alpha value is -4.38. The van der Waals surface area contributed by atoms with E-state index in [1.165, 1.54) is 23.9 Å². The van der Waals surface area contributed by atoms with E-state index < -0.39 is 47.7 Å². The number of carboxylic acid groups (broad SMARTS) is 2. The van der Waals surface area contributed by atoms with Gasteiger partial charge in [0.2, 0.25) is 11.5 Å². The largest absolute Gasteiger partial charge is 0.478 e. The van der Waals surface area contributed by atoms with E-state index in [9.17, 15) is 28.7 Å². The fourth-order valence-corrected chi connectivity index (χ4v) is 5.38. The number of carboxylic acids is 2. The number of carbonyl (C=O) groups is 4. The van der Waals surface area contributed by atoms with Crippen molar-refractivity contribution >= 4 is 57.9 Å². The number of alkyl halides is 1. The number of nitrogens with one attached hydrogen (secondary N) is 1. The summed E-state index contributed by atoms with van der Waals surface area (Å²) in [6.07, 6.45) is 6.41. The van der Waals surface area contributed by atoms with Crippen LogP contribution in [0.2, 0.25) is 0 Å². The zero-order valence-corrected chi connectivity index (χ0v) is 20.8. The molecule has 0 saturated carbocycles. The quantitative estimate of drug-likeness (QED) is 0.128. The van der Waals surface area contributed by atoms with Crippen LogP contribution in [0.4, 0.5) is 9.52 Å². The number of allylic oxidation sites excluding steroid dienone is 2. The summed E-state index contributed by atoms with van der Waals surface area (Å²) in [4.78, 5) is 57.9. The lowest BCUT2D eigenvalue weighted by Gasteiger charge is -2.49. The summed E-state index contributed by atoms with van der Waals surface area (Å²) < 4.78 is 18.0. The second kappa shape index (κ2) is 11.3. The number of aliphatic carboxylic acids is 1. The average molecular weight is 565 g/mol. The number of hydrogen-bond acceptors (Lipinski definition) is 11. The standard InChI is InChI=1S/C21H18FN7O7S2/c22-9-36-26-12(15-25-21(23)38-27-15)16(30)24-13-17(31)29-14(20(34)35)11(8-37-18(13)29)2-1-5-28-6-3-10(4-7-28)19(32)33/h1-4,6-7,13,18H,5,8-9H2,(H4-,23,24,25,27,30,32,33,34,35)/p+1/t13-,18+/m1/s1. The van der Waals surface area contributed by atoms with Crippen molar-refractivity contribution in [1.82, 2.24) is 19.6 Å². The van der Waals surface area contributed by atoms with Crippen molar-refractivity contribution in [2.45, 2.75) is 18.0 Å². The number of halogens is 1. The maximum atomic E-state index is 12.9. The monoisotopic (exact) mass is 564 g/mol. The van der Waals surface area contributed by atoms with Gasteiger partial charge in [-0.2, -0.15) is 9.36 Å². The predicted molar refractivity (Wildman–Crippen MR) is 130 cm³/mol. The molecule has 2 aromatic rings.